The molecule has 1 heterocycles. The molecule has 0 atom stereocenters. The molecule has 6 nitrogen and oxygen atoms in total. The Hall–Kier alpha value is -2.41. The van der Waals surface area contributed by atoms with Gasteiger partial charge in [0.1, 0.15) is 18.2 Å². The second kappa shape index (κ2) is 6.37. The van der Waals surface area contributed by atoms with Gasteiger partial charge in [0, 0.05) is 12.0 Å². The Morgan fingerprint density at radius 2 is 2.17 bits per heavy atom. The standard InChI is InChI=1S/C15H14ClFN4O2/c16-9-2-1-3-10(17)14(9)20-12-6-11(8-4-5-8)19-15(21-12)18-7-13(22)23/h1-3,6,8H,4-5,7H2,(H,22,23)(H2,18,19,20,21). The Bertz CT molecular complexity index is 732. The number of hydrogen-bond acceptors (Lipinski definition) is 5. The smallest absolute Gasteiger partial charge is 0.322 e. The van der Waals surface area contributed by atoms with Crippen molar-refractivity contribution in [1.29, 1.82) is 0 Å². The van der Waals surface area contributed by atoms with Crippen LogP contribution in [0, 0.1) is 5.82 Å². The fourth-order valence-electron chi connectivity index (χ4n) is 2.10. The number of halogens is 2. The summed E-state index contributed by atoms with van der Waals surface area (Å²) in [4.78, 5) is 19.1. The van der Waals surface area contributed by atoms with E-state index in [9.17, 15) is 9.18 Å². The van der Waals surface area contributed by atoms with Crippen LogP contribution in [-0.4, -0.2) is 27.6 Å². The molecule has 1 aromatic heterocycles. The molecule has 1 aromatic carbocycles. The molecule has 1 saturated carbocycles. The molecule has 0 spiro atoms. The number of nitrogens with zero attached hydrogens (tertiary/aromatic N) is 2. The number of para-hydroxylation sites is 1. The van der Waals surface area contributed by atoms with Crippen molar-refractivity contribution in [3.05, 3.63) is 40.8 Å². The van der Waals surface area contributed by atoms with Gasteiger partial charge in [-0.25, -0.2) is 9.37 Å². The zero-order valence-corrected chi connectivity index (χ0v) is 12.8. The monoisotopic (exact) mass is 336 g/mol. The van der Waals surface area contributed by atoms with Gasteiger partial charge in [-0.05, 0) is 25.0 Å². The van der Waals surface area contributed by atoms with Crippen molar-refractivity contribution in [2.45, 2.75) is 18.8 Å². The summed E-state index contributed by atoms with van der Waals surface area (Å²) in [7, 11) is 0. The quantitative estimate of drug-likeness (QED) is 0.749. The summed E-state index contributed by atoms with van der Waals surface area (Å²) in [6.07, 6.45) is 2.05. The fourth-order valence-corrected chi connectivity index (χ4v) is 2.31. The summed E-state index contributed by atoms with van der Waals surface area (Å²) in [5, 5.41) is 14.5. The highest BCUT2D eigenvalue weighted by molar-refractivity contribution is 6.33. The average Bonchev–Trinajstić information content (AvgIpc) is 3.34. The van der Waals surface area contributed by atoms with Gasteiger partial charge in [-0.1, -0.05) is 17.7 Å². The molecule has 3 N–H and O–H groups in total. The number of nitrogens with one attached hydrogen (secondary N) is 2. The van der Waals surface area contributed by atoms with E-state index in [1.807, 2.05) is 0 Å². The lowest BCUT2D eigenvalue weighted by Gasteiger charge is -2.12. The summed E-state index contributed by atoms with van der Waals surface area (Å²) in [6, 6.07) is 6.10. The lowest BCUT2D eigenvalue weighted by Crippen LogP contribution is -2.15. The topological polar surface area (TPSA) is 87.1 Å². The lowest BCUT2D eigenvalue weighted by atomic mass is 10.2. The molecule has 0 bridgehead atoms. The molecule has 23 heavy (non-hydrogen) atoms. The highest BCUT2D eigenvalue weighted by Gasteiger charge is 2.26. The van der Waals surface area contributed by atoms with E-state index < -0.39 is 11.8 Å². The first-order chi connectivity index (χ1) is 11.0. The normalized spacial score (nSPS) is 13.7. The third-order valence-corrected chi connectivity index (χ3v) is 3.67. The van der Waals surface area contributed by atoms with Crippen molar-refractivity contribution in [2.75, 3.05) is 17.2 Å². The number of benzene rings is 1. The molecule has 1 fully saturated rings. The fraction of sp³-hybridized carbons (Fsp3) is 0.267. The van der Waals surface area contributed by atoms with Crippen molar-refractivity contribution in [2.24, 2.45) is 0 Å². The Kier molecular flexibility index (Phi) is 4.29. The maximum atomic E-state index is 13.9. The highest BCUT2D eigenvalue weighted by Crippen LogP contribution is 2.40. The number of carbonyl (C=O) groups is 1. The van der Waals surface area contributed by atoms with Crippen LogP contribution in [0.4, 0.5) is 21.8 Å². The lowest BCUT2D eigenvalue weighted by molar-refractivity contribution is -0.134. The first-order valence-electron chi connectivity index (χ1n) is 7.08. The number of aromatic nitrogens is 2. The third-order valence-electron chi connectivity index (χ3n) is 3.36. The van der Waals surface area contributed by atoms with Crippen LogP contribution in [0.15, 0.2) is 24.3 Å². The number of aliphatic carboxylic acids is 1. The summed E-state index contributed by atoms with van der Waals surface area (Å²) in [6.45, 7) is -0.298. The first kappa shape index (κ1) is 15.5. The summed E-state index contributed by atoms with van der Waals surface area (Å²) >= 11 is 6.00. The van der Waals surface area contributed by atoms with Crippen molar-refractivity contribution in [3.63, 3.8) is 0 Å². The average molecular weight is 337 g/mol. The largest absolute Gasteiger partial charge is 0.480 e. The molecule has 1 aliphatic rings. The Labute approximate surface area is 136 Å². The molecule has 8 heteroatoms. The van der Waals surface area contributed by atoms with Gasteiger partial charge < -0.3 is 15.7 Å². The van der Waals surface area contributed by atoms with Gasteiger partial charge in [0.2, 0.25) is 5.95 Å². The summed E-state index contributed by atoms with van der Waals surface area (Å²) < 4.78 is 13.9. The van der Waals surface area contributed by atoms with E-state index in [2.05, 4.69) is 20.6 Å². The van der Waals surface area contributed by atoms with E-state index in [0.717, 1.165) is 18.5 Å². The van der Waals surface area contributed by atoms with Crippen molar-refractivity contribution >= 4 is 35.0 Å². The zero-order chi connectivity index (χ0) is 16.4. The van der Waals surface area contributed by atoms with Gasteiger partial charge >= 0.3 is 5.97 Å². The summed E-state index contributed by atoms with van der Waals surface area (Å²) in [5.74, 6) is -0.630. The molecule has 0 aliphatic heterocycles. The minimum absolute atomic E-state index is 0.124. The van der Waals surface area contributed by atoms with Gasteiger partial charge in [0.25, 0.3) is 0 Å². The molecular weight excluding hydrogens is 323 g/mol. The van der Waals surface area contributed by atoms with Crippen molar-refractivity contribution in [1.82, 2.24) is 9.97 Å². The van der Waals surface area contributed by atoms with Gasteiger partial charge in [-0.2, -0.15) is 4.98 Å². The van der Waals surface area contributed by atoms with Crippen LogP contribution < -0.4 is 10.6 Å². The van der Waals surface area contributed by atoms with Crippen LogP contribution in [-0.2, 0) is 4.79 Å². The van der Waals surface area contributed by atoms with Crippen molar-refractivity contribution in [3.8, 4) is 0 Å². The van der Waals surface area contributed by atoms with Crippen LogP contribution in [0.5, 0.6) is 0 Å². The predicted octanol–water partition coefficient (Wildman–Crippen LogP) is 3.39. The molecule has 0 unspecified atom stereocenters. The molecule has 0 saturated heterocycles. The maximum Gasteiger partial charge on any atom is 0.322 e. The molecule has 2 aromatic rings. The van der Waals surface area contributed by atoms with Gasteiger partial charge in [-0.15, -0.1) is 0 Å². The number of carboxylic acids is 1. The molecule has 0 amide bonds. The maximum absolute atomic E-state index is 13.9. The third kappa shape index (κ3) is 3.87. The number of anilines is 3. The molecule has 1 aliphatic carbocycles. The van der Waals surface area contributed by atoms with Gasteiger partial charge in [0.15, 0.2) is 0 Å². The van der Waals surface area contributed by atoms with E-state index in [0.29, 0.717) is 11.7 Å². The molecule has 120 valence electrons. The first-order valence-corrected chi connectivity index (χ1v) is 7.46. The highest BCUT2D eigenvalue weighted by atomic mass is 35.5. The molecule has 3 rings (SSSR count). The predicted molar refractivity (Wildman–Crippen MR) is 84.8 cm³/mol. The number of carboxylic acid groups (broad SMARTS) is 1. The second-order valence-corrected chi connectivity index (χ2v) is 5.65. The van der Waals surface area contributed by atoms with Crippen LogP contribution in [0.1, 0.15) is 24.5 Å². The van der Waals surface area contributed by atoms with E-state index in [4.69, 9.17) is 16.7 Å². The molecular formula is C15H14ClFN4O2. The Balaban J connectivity index is 1.89. The molecule has 0 radical (unpaired) electrons. The Morgan fingerprint density at radius 3 is 2.83 bits per heavy atom. The van der Waals surface area contributed by atoms with E-state index in [1.165, 1.54) is 12.1 Å². The van der Waals surface area contributed by atoms with Gasteiger partial charge in [-0.3, -0.25) is 4.79 Å². The second-order valence-electron chi connectivity index (χ2n) is 5.24. The zero-order valence-electron chi connectivity index (χ0n) is 12.0. The minimum atomic E-state index is -1.02. The Morgan fingerprint density at radius 1 is 1.39 bits per heavy atom. The van der Waals surface area contributed by atoms with Crippen LogP contribution in [0.2, 0.25) is 5.02 Å². The van der Waals surface area contributed by atoms with Crippen molar-refractivity contribution < 1.29 is 14.3 Å². The van der Waals surface area contributed by atoms with Gasteiger partial charge in [0.05, 0.1) is 16.4 Å². The van der Waals surface area contributed by atoms with E-state index in [1.54, 1.807) is 12.1 Å². The number of hydrogen-bond donors (Lipinski definition) is 3. The van der Waals surface area contributed by atoms with E-state index in [-0.39, 0.29) is 23.2 Å². The van der Waals surface area contributed by atoms with Crippen LogP contribution in [0.25, 0.3) is 0 Å². The van der Waals surface area contributed by atoms with Crippen LogP contribution >= 0.6 is 11.6 Å². The minimum Gasteiger partial charge on any atom is -0.480 e. The van der Waals surface area contributed by atoms with E-state index >= 15 is 0 Å². The summed E-state index contributed by atoms with van der Waals surface area (Å²) in [5.41, 5.74) is 0.918. The van der Waals surface area contributed by atoms with Crippen LogP contribution in [0.3, 0.4) is 0 Å². The SMILES string of the molecule is O=C(O)CNc1nc(Nc2c(F)cccc2Cl)cc(C2CC2)n1. The number of rotatable bonds is 6.